The number of rotatable bonds is 4. The first-order chi connectivity index (χ1) is 15.3. The molecule has 0 saturated carbocycles. The van der Waals surface area contributed by atoms with E-state index in [9.17, 15) is 14.4 Å². The van der Waals surface area contributed by atoms with E-state index in [-0.39, 0.29) is 24.3 Å². The smallest absolute Gasteiger partial charge is 0.251 e. The molecule has 0 bridgehead atoms. The number of aryl methyl sites for hydroxylation is 4. The summed E-state index contributed by atoms with van der Waals surface area (Å²) in [5.41, 5.74) is 5.68. The molecule has 0 aliphatic carbocycles. The van der Waals surface area contributed by atoms with Crippen molar-refractivity contribution in [3.8, 4) is 0 Å². The summed E-state index contributed by atoms with van der Waals surface area (Å²) in [5.74, 6) is 0. The summed E-state index contributed by atoms with van der Waals surface area (Å²) >= 11 is 0. The van der Waals surface area contributed by atoms with Gasteiger partial charge in [-0.25, -0.2) is 0 Å². The molecule has 0 radical (unpaired) electrons. The molecule has 0 unspecified atom stereocenters. The van der Waals surface area contributed by atoms with Crippen LogP contribution in [0.15, 0.2) is 58.1 Å². The number of pyridine rings is 2. The van der Waals surface area contributed by atoms with Gasteiger partial charge in [0.05, 0.1) is 24.2 Å². The zero-order valence-electron chi connectivity index (χ0n) is 18.9. The predicted octanol–water partition coefficient (Wildman–Crippen LogP) is 3.43. The van der Waals surface area contributed by atoms with E-state index in [2.05, 4.69) is 0 Å². The quantitative estimate of drug-likeness (QED) is 0.501. The second kappa shape index (κ2) is 9.75. The highest BCUT2D eigenvalue weighted by molar-refractivity contribution is 5.84. The summed E-state index contributed by atoms with van der Waals surface area (Å²) in [5, 5.41) is 11.1. The van der Waals surface area contributed by atoms with Crippen LogP contribution in [0.4, 0.5) is 0 Å². The number of carbonyl (C=O) groups is 1. The lowest BCUT2D eigenvalue weighted by Gasteiger charge is -2.11. The topological polar surface area (TPSA) is 81.3 Å². The largest absolute Gasteiger partial charge is 0.395 e. The first kappa shape index (κ1) is 23.2. The Hall–Kier alpha value is -3.51. The molecule has 2 aromatic heterocycles. The van der Waals surface area contributed by atoms with E-state index in [4.69, 9.17) is 5.11 Å². The highest BCUT2D eigenvalue weighted by Crippen LogP contribution is 2.18. The van der Waals surface area contributed by atoms with Gasteiger partial charge in [0.1, 0.15) is 6.29 Å². The van der Waals surface area contributed by atoms with Crippen LogP contribution in [0.3, 0.4) is 0 Å². The lowest BCUT2D eigenvalue weighted by molar-refractivity contribution is -0.108. The van der Waals surface area contributed by atoms with Gasteiger partial charge in [0.2, 0.25) is 0 Å². The van der Waals surface area contributed by atoms with Gasteiger partial charge < -0.3 is 19.0 Å². The van der Waals surface area contributed by atoms with Crippen molar-refractivity contribution in [3.05, 3.63) is 91.5 Å². The Kier molecular flexibility index (Phi) is 7.05. The van der Waals surface area contributed by atoms with Gasteiger partial charge in [-0.15, -0.1) is 0 Å². The highest BCUT2D eigenvalue weighted by Gasteiger charge is 2.07. The summed E-state index contributed by atoms with van der Waals surface area (Å²) in [4.78, 5) is 34.1. The average molecular weight is 433 g/mol. The SMILES string of the molecule is Cc1ccc2c(C)cc(=O)n(CC=O)c2c1.Cc1ccc2c(C)cc(=O)n(CCO)c2c1. The minimum atomic E-state index is -0.122. The molecular formula is C26H28N2O4. The molecule has 1 N–H and O–H groups in total. The van der Waals surface area contributed by atoms with Crippen molar-refractivity contribution < 1.29 is 9.90 Å². The Morgan fingerprint density at radius 3 is 1.69 bits per heavy atom. The molecule has 0 aliphatic heterocycles. The Bertz CT molecular complexity index is 1410. The summed E-state index contributed by atoms with van der Waals surface area (Å²) < 4.78 is 3.12. The van der Waals surface area contributed by atoms with Crippen molar-refractivity contribution in [1.82, 2.24) is 9.13 Å². The maximum absolute atomic E-state index is 11.8. The Labute approximate surface area is 186 Å². The molecule has 4 rings (SSSR count). The van der Waals surface area contributed by atoms with Crippen LogP contribution in [0.2, 0.25) is 0 Å². The van der Waals surface area contributed by atoms with Gasteiger partial charge in [0.15, 0.2) is 0 Å². The van der Waals surface area contributed by atoms with Crippen LogP contribution in [0.5, 0.6) is 0 Å². The Morgan fingerprint density at radius 2 is 1.22 bits per heavy atom. The lowest BCUT2D eigenvalue weighted by atomic mass is 10.1. The van der Waals surface area contributed by atoms with Crippen molar-refractivity contribution in [3.63, 3.8) is 0 Å². The van der Waals surface area contributed by atoms with Crippen LogP contribution >= 0.6 is 0 Å². The molecule has 2 aromatic carbocycles. The number of hydrogen-bond donors (Lipinski definition) is 1. The number of carbonyl (C=O) groups excluding carboxylic acids is 1. The number of fused-ring (bicyclic) bond motifs is 2. The number of benzene rings is 2. The number of aromatic nitrogens is 2. The van der Waals surface area contributed by atoms with Crippen molar-refractivity contribution in [2.24, 2.45) is 0 Å². The molecule has 2 heterocycles. The monoisotopic (exact) mass is 432 g/mol. The van der Waals surface area contributed by atoms with E-state index in [0.29, 0.717) is 6.54 Å². The first-order valence-corrected chi connectivity index (χ1v) is 10.5. The second-order valence-corrected chi connectivity index (χ2v) is 8.02. The van der Waals surface area contributed by atoms with Crippen molar-refractivity contribution in [2.75, 3.05) is 6.61 Å². The summed E-state index contributed by atoms with van der Waals surface area (Å²) in [6, 6.07) is 15.2. The van der Waals surface area contributed by atoms with Crippen LogP contribution in [-0.4, -0.2) is 27.1 Å². The Balaban J connectivity index is 0.000000181. The van der Waals surface area contributed by atoms with Gasteiger partial charge in [0.25, 0.3) is 11.1 Å². The van der Waals surface area contributed by atoms with E-state index >= 15 is 0 Å². The average Bonchev–Trinajstić information content (AvgIpc) is 2.74. The fraction of sp³-hybridized carbons (Fsp3) is 0.269. The molecule has 6 heteroatoms. The van der Waals surface area contributed by atoms with Crippen molar-refractivity contribution in [2.45, 2.75) is 40.8 Å². The zero-order chi connectivity index (χ0) is 23.4. The molecule has 6 nitrogen and oxygen atoms in total. The normalized spacial score (nSPS) is 10.8. The fourth-order valence-corrected chi connectivity index (χ4v) is 3.91. The van der Waals surface area contributed by atoms with E-state index in [1.807, 2.05) is 64.1 Å². The molecule has 0 aliphatic rings. The van der Waals surface area contributed by atoms with Crippen molar-refractivity contribution >= 4 is 28.1 Å². The third-order valence-electron chi connectivity index (χ3n) is 5.53. The van der Waals surface area contributed by atoms with E-state index in [1.165, 1.54) is 4.57 Å². The number of nitrogens with zero attached hydrogens (tertiary/aromatic N) is 2. The van der Waals surface area contributed by atoms with E-state index in [0.717, 1.165) is 50.3 Å². The third-order valence-corrected chi connectivity index (χ3v) is 5.53. The zero-order valence-corrected chi connectivity index (χ0v) is 18.9. The second-order valence-electron chi connectivity index (χ2n) is 8.02. The summed E-state index contributed by atoms with van der Waals surface area (Å²) in [7, 11) is 0. The van der Waals surface area contributed by atoms with Crippen LogP contribution in [0.1, 0.15) is 22.3 Å². The molecule has 0 saturated heterocycles. The molecule has 0 fully saturated rings. The van der Waals surface area contributed by atoms with Gasteiger partial charge in [-0.3, -0.25) is 9.59 Å². The molecule has 0 amide bonds. The maximum atomic E-state index is 11.8. The predicted molar refractivity (Wildman–Crippen MR) is 129 cm³/mol. The number of aldehydes is 1. The lowest BCUT2D eigenvalue weighted by Crippen LogP contribution is -2.21. The minimum Gasteiger partial charge on any atom is -0.395 e. The number of hydrogen-bond acceptors (Lipinski definition) is 4. The molecule has 0 atom stereocenters. The van der Waals surface area contributed by atoms with Gasteiger partial charge in [-0.1, -0.05) is 24.3 Å². The van der Waals surface area contributed by atoms with Crippen LogP contribution < -0.4 is 11.1 Å². The van der Waals surface area contributed by atoms with Gasteiger partial charge >= 0.3 is 0 Å². The molecule has 0 spiro atoms. The number of aliphatic hydroxyl groups is 1. The third kappa shape index (κ3) is 4.70. The standard InChI is InChI=1S/C13H15NO2.C13H13NO2/c2*1-9-3-4-11-10(2)8-13(16)14(5-6-15)12(11)7-9/h3-4,7-8,15H,5-6H2,1-2H3;3-4,6-8H,5H2,1-2H3. The molecule has 166 valence electrons. The van der Waals surface area contributed by atoms with Gasteiger partial charge in [-0.2, -0.15) is 0 Å². The van der Waals surface area contributed by atoms with Crippen molar-refractivity contribution in [1.29, 1.82) is 0 Å². The summed E-state index contributed by atoms with van der Waals surface area (Å²) in [6.07, 6.45) is 0.749. The molecular weight excluding hydrogens is 404 g/mol. The highest BCUT2D eigenvalue weighted by atomic mass is 16.3. The van der Waals surface area contributed by atoms with Gasteiger partial charge in [-0.05, 0) is 62.1 Å². The van der Waals surface area contributed by atoms with E-state index < -0.39 is 0 Å². The maximum Gasteiger partial charge on any atom is 0.251 e. The Morgan fingerprint density at radius 1 is 0.750 bits per heavy atom. The molecule has 32 heavy (non-hydrogen) atoms. The van der Waals surface area contributed by atoms with Crippen LogP contribution in [0, 0.1) is 27.7 Å². The first-order valence-electron chi connectivity index (χ1n) is 10.5. The number of aliphatic hydroxyl groups excluding tert-OH is 1. The van der Waals surface area contributed by atoms with Gasteiger partial charge in [0, 0.05) is 29.4 Å². The molecule has 4 aromatic rings. The summed E-state index contributed by atoms with van der Waals surface area (Å²) in [6.45, 7) is 8.24. The van der Waals surface area contributed by atoms with Crippen LogP contribution in [-0.2, 0) is 17.9 Å². The van der Waals surface area contributed by atoms with Crippen LogP contribution in [0.25, 0.3) is 21.8 Å². The minimum absolute atomic E-state index is 0.0218. The van der Waals surface area contributed by atoms with E-state index in [1.54, 1.807) is 16.7 Å². The fourth-order valence-electron chi connectivity index (χ4n) is 3.91.